The maximum absolute atomic E-state index is 13.2. The van der Waals surface area contributed by atoms with E-state index in [2.05, 4.69) is 18.0 Å². The summed E-state index contributed by atoms with van der Waals surface area (Å²) in [7, 11) is 3.93. The maximum atomic E-state index is 13.2. The monoisotopic (exact) mass is 413 g/mol. The summed E-state index contributed by atoms with van der Waals surface area (Å²) in [6, 6.07) is 4.16. The molecule has 0 aliphatic carbocycles. The van der Waals surface area contributed by atoms with E-state index in [1.807, 2.05) is 32.0 Å². The van der Waals surface area contributed by atoms with Gasteiger partial charge in [-0.1, -0.05) is 17.4 Å². The van der Waals surface area contributed by atoms with E-state index in [0.29, 0.717) is 29.5 Å². The predicted molar refractivity (Wildman–Crippen MR) is 118 cm³/mol. The van der Waals surface area contributed by atoms with Gasteiger partial charge in [0.2, 0.25) is 5.91 Å². The number of fused-ring (bicyclic) bond motifs is 1. The second-order valence-electron chi connectivity index (χ2n) is 7.66. The molecular weight excluding hydrogens is 386 g/mol. The highest BCUT2D eigenvalue weighted by atomic mass is 32.1. The Balaban J connectivity index is 1.97. The molecule has 2 heterocycles. The smallest absolute Gasteiger partial charge is 0.256 e. The molecule has 0 aliphatic heterocycles. The SMILES string of the molecule is Cc1cc(C)c2sc(N(CCN(C)C)C(=O)Cn3cnc(C)c(C)c3=O)nc2c1. The first-order valence-corrected chi connectivity index (χ1v) is 10.3. The number of likely N-dealkylation sites (N-methyl/N-ethyl adjacent to an activating group) is 1. The number of rotatable bonds is 6. The van der Waals surface area contributed by atoms with Gasteiger partial charge in [-0.2, -0.15) is 0 Å². The number of benzene rings is 1. The molecule has 1 amide bonds. The van der Waals surface area contributed by atoms with Gasteiger partial charge in [-0.25, -0.2) is 9.97 Å². The summed E-state index contributed by atoms with van der Waals surface area (Å²) in [5.74, 6) is -0.174. The standard InChI is InChI=1S/C21H27N5O2S/c1-13-9-14(2)19-17(10-13)23-21(29-19)26(8-7-24(5)6)18(27)11-25-12-22-16(4)15(3)20(25)28/h9-10,12H,7-8,11H2,1-6H3. The van der Waals surface area contributed by atoms with Crippen LogP contribution in [0.15, 0.2) is 23.3 Å². The molecule has 154 valence electrons. The molecule has 0 bridgehead atoms. The van der Waals surface area contributed by atoms with Crippen molar-refractivity contribution in [3.8, 4) is 0 Å². The summed E-state index contributed by atoms with van der Waals surface area (Å²) in [5.41, 5.74) is 4.25. The van der Waals surface area contributed by atoms with E-state index in [-0.39, 0.29) is 18.0 Å². The van der Waals surface area contributed by atoms with Gasteiger partial charge < -0.3 is 4.90 Å². The van der Waals surface area contributed by atoms with Gasteiger partial charge >= 0.3 is 0 Å². The molecule has 0 fully saturated rings. The molecule has 3 aromatic rings. The second-order valence-corrected chi connectivity index (χ2v) is 8.64. The van der Waals surface area contributed by atoms with Crippen LogP contribution in [0.4, 0.5) is 5.13 Å². The molecule has 0 aliphatic rings. The average molecular weight is 414 g/mol. The molecule has 0 atom stereocenters. The molecule has 29 heavy (non-hydrogen) atoms. The molecule has 7 nitrogen and oxygen atoms in total. The minimum Gasteiger partial charge on any atom is -0.308 e. The summed E-state index contributed by atoms with van der Waals surface area (Å²) >= 11 is 1.51. The quantitative estimate of drug-likeness (QED) is 0.621. The van der Waals surface area contributed by atoms with Gasteiger partial charge in [-0.3, -0.25) is 19.1 Å². The number of hydrogen-bond donors (Lipinski definition) is 0. The molecule has 8 heteroatoms. The Bertz CT molecular complexity index is 1120. The minimum atomic E-state index is -0.186. The summed E-state index contributed by atoms with van der Waals surface area (Å²) < 4.78 is 2.45. The number of thiazole rings is 1. The van der Waals surface area contributed by atoms with Crippen LogP contribution in [0.25, 0.3) is 10.2 Å². The van der Waals surface area contributed by atoms with Gasteiger partial charge in [0.15, 0.2) is 5.13 Å². The lowest BCUT2D eigenvalue weighted by atomic mass is 10.1. The van der Waals surface area contributed by atoms with Crippen LogP contribution in [0.5, 0.6) is 0 Å². The van der Waals surface area contributed by atoms with Crippen LogP contribution in [0, 0.1) is 27.7 Å². The van der Waals surface area contributed by atoms with Crippen LogP contribution in [0.2, 0.25) is 0 Å². The van der Waals surface area contributed by atoms with Gasteiger partial charge in [0.05, 0.1) is 16.5 Å². The van der Waals surface area contributed by atoms with Crippen LogP contribution in [-0.2, 0) is 11.3 Å². The zero-order valence-corrected chi connectivity index (χ0v) is 18.6. The number of carbonyl (C=O) groups excluding carboxylic acids is 1. The highest BCUT2D eigenvalue weighted by Crippen LogP contribution is 2.32. The second kappa shape index (κ2) is 8.42. The Labute approximate surface area is 174 Å². The van der Waals surface area contributed by atoms with Crippen LogP contribution in [0.1, 0.15) is 22.4 Å². The Morgan fingerprint density at radius 1 is 1.14 bits per heavy atom. The van der Waals surface area contributed by atoms with Crippen molar-refractivity contribution in [2.75, 3.05) is 32.1 Å². The average Bonchev–Trinajstić information content (AvgIpc) is 3.06. The van der Waals surface area contributed by atoms with Gasteiger partial charge in [0, 0.05) is 24.3 Å². The van der Waals surface area contributed by atoms with E-state index in [9.17, 15) is 9.59 Å². The number of hydrogen-bond acceptors (Lipinski definition) is 6. The predicted octanol–water partition coefficient (Wildman–Crippen LogP) is 2.68. The summed E-state index contributed by atoms with van der Waals surface area (Å²) in [6.45, 7) is 8.75. The van der Waals surface area contributed by atoms with E-state index in [0.717, 1.165) is 21.3 Å². The Morgan fingerprint density at radius 2 is 1.86 bits per heavy atom. The fraction of sp³-hybridized carbons (Fsp3) is 0.429. The maximum Gasteiger partial charge on any atom is 0.256 e. The lowest BCUT2D eigenvalue weighted by Crippen LogP contribution is -2.40. The molecule has 0 radical (unpaired) electrons. The van der Waals surface area contributed by atoms with Crippen molar-refractivity contribution in [2.24, 2.45) is 0 Å². The van der Waals surface area contributed by atoms with Crippen LogP contribution in [0.3, 0.4) is 0 Å². The van der Waals surface area contributed by atoms with E-state index in [4.69, 9.17) is 4.98 Å². The largest absolute Gasteiger partial charge is 0.308 e. The van der Waals surface area contributed by atoms with Crippen molar-refractivity contribution in [3.05, 3.63) is 51.2 Å². The van der Waals surface area contributed by atoms with Crippen molar-refractivity contribution in [3.63, 3.8) is 0 Å². The lowest BCUT2D eigenvalue weighted by Gasteiger charge is -2.22. The number of anilines is 1. The molecule has 0 spiro atoms. The topological polar surface area (TPSA) is 71.3 Å². The highest BCUT2D eigenvalue weighted by molar-refractivity contribution is 7.22. The number of nitrogens with zero attached hydrogens (tertiary/aromatic N) is 5. The molecule has 0 saturated heterocycles. The van der Waals surface area contributed by atoms with E-state index >= 15 is 0 Å². The summed E-state index contributed by atoms with van der Waals surface area (Å²) in [4.78, 5) is 38.4. The van der Waals surface area contributed by atoms with Gasteiger partial charge in [-0.05, 0) is 59.0 Å². The first-order chi connectivity index (χ1) is 13.7. The van der Waals surface area contributed by atoms with E-state index in [1.165, 1.54) is 22.2 Å². The third-order valence-electron chi connectivity index (χ3n) is 4.93. The molecule has 0 unspecified atom stereocenters. The first kappa shape index (κ1) is 21.1. The first-order valence-electron chi connectivity index (χ1n) is 9.53. The number of amides is 1. The summed E-state index contributed by atoms with van der Waals surface area (Å²) in [6.07, 6.45) is 1.44. The number of aryl methyl sites for hydroxylation is 3. The van der Waals surface area contributed by atoms with E-state index < -0.39 is 0 Å². The van der Waals surface area contributed by atoms with Crippen LogP contribution < -0.4 is 10.5 Å². The molecule has 0 N–H and O–H groups in total. The zero-order chi connectivity index (χ0) is 21.3. The third-order valence-corrected chi connectivity index (χ3v) is 6.16. The van der Waals surface area contributed by atoms with Crippen LogP contribution in [-0.4, -0.2) is 52.5 Å². The summed E-state index contributed by atoms with van der Waals surface area (Å²) in [5, 5.41) is 0.658. The van der Waals surface area contributed by atoms with Crippen molar-refractivity contribution >= 4 is 32.6 Å². The zero-order valence-electron chi connectivity index (χ0n) is 17.8. The normalized spacial score (nSPS) is 11.4. The number of aromatic nitrogens is 3. The molecule has 1 aromatic carbocycles. The van der Waals surface area contributed by atoms with Crippen molar-refractivity contribution in [2.45, 2.75) is 34.2 Å². The van der Waals surface area contributed by atoms with Crippen molar-refractivity contribution < 1.29 is 4.79 Å². The van der Waals surface area contributed by atoms with E-state index in [1.54, 1.807) is 18.7 Å². The van der Waals surface area contributed by atoms with Crippen molar-refractivity contribution in [1.29, 1.82) is 0 Å². The van der Waals surface area contributed by atoms with Gasteiger partial charge in [0.25, 0.3) is 5.56 Å². The lowest BCUT2D eigenvalue weighted by molar-refractivity contribution is -0.119. The van der Waals surface area contributed by atoms with Gasteiger partial charge in [0.1, 0.15) is 6.54 Å². The Morgan fingerprint density at radius 3 is 2.55 bits per heavy atom. The Kier molecular flexibility index (Phi) is 6.14. The third kappa shape index (κ3) is 4.54. The van der Waals surface area contributed by atoms with Crippen molar-refractivity contribution in [1.82, 2.24) is 19.4 Å². The fourth-order valence-corrected chi connectivity index (χ4v) is 4.19. The minimum absolute atomic E-state index is 0.0612. The molecular formula is C21H27N5O2S. The van der Waals surface area contributed by atoms with Crippen LogP contribution >= 0.6 is 11.3 Å². The molecule has 2 aromatic heterocycles. The molecule has 0 saturated carbocycles. The fourth-order valence-electron chi connectivity index (χ4n) is 3.13. The van der Waals surface area contributed by atoms with Gasteiger partial charge in [-0.15, -0.1) is 0 Å². The number of carbonyl (C=O) groups is 1. The highest BCUT2D eigenvalue weighted by Gasteiger charge is 2.21. The molecule has 3 rings (SSSR count). The Hall–Kier alpha value is -2.58.